The molecule has 3 heterocycles. The molecule has 1 aliphatic heterocycles. The van der Waals surface area contributed by atoms with Gasteiger partial charge in [0.1, 0.15) is 0 Å². The fourth-order valence-corrected chi connectivity index (χ4v) is 6.18. The molecule has 0 saturated carbocycles. The lowest BCUT2D eigenvalue weighted by Crippen LogP contribution is -2.33. The highest BCUT2D eigenvalue weighted by molar-refractivity contribution is 7.88. The molecular formula is C24H27ClN6O3S2. The number of sulfonamides is 1. The average Bonchev–Trinajstić information content (AvgIpc) is 3.50. The van der Waals surface area contributed by atoms with Gasteiger partial charge in [0.15, 0.2) is 10.9 Å². The highest BCUT2D eigenvalue weighted by atomic mass is 35.5. The van der Waals surface area contributed by atoms with Crippen molar-refractivity contribution in [3.8, 4) is 0 Å². The van der Waals surface area contributed by atoms with Gasteiger partial charge < -0.3 is 14.8 Å². The first-order chi connectivity index (χ1) is 17.1. The topological polar surface area (TPSA) is 109 Å². The molecule has 2 aromatic carbocycles. The summed E-state index contributed by atoms with van der Waals surface area (Å²) in [6.07, 6.45) is 2.55. The summed E-state index contributed by atoms with van der Waals surface area (Å²) in [4.78, 5) is 24.5. The number of thiazole rings is 1. The van der Waals surface area contributed by atoms with Crippen molar-refractivity contribution >= 4 is 71.1 Å². The maximum absolute atomic E-state index is 13.0. The summed E-state index contributed by atoms with van der Waals surface area (Å²) in [5, 5.41) is 4.69. The Bertz CT molecular complexity index is 1550. The minimum Gasteiger partial charge on any atom is -0.313 e. The molecule has 0 spiro atoms. The van der Waals surface area contributed by atoms with Crippen LogP contribution in [0.2, 0.25) is 5.02 Å². The number of hydrogen-bond acceptors (Lipinski definition) is 8. The van der Waals surface area contributed by atoms with Gasteiger partial charge >= 0.3 is 0 Å². The predicted molar refractivity (Wildman–Crippen MR) is 145 cm³/mol. The van der Waals surface area contributed by atoms with Crippen LogP contribution in [0.3, 0.4) is 0 Å². The van der Waals surface area contributed by atoms with Crippen LogP contribution in [0.1, 0.15) is 23.2 Å². The van der Waals surface area contributed by atoms with E-state index in [0.717, 1.165) is 52.1 Å². The zero-order chi connectivity index (χ0) is 25.4. The normalized spacial score (nSPS) is 16.8. The van der Waals surface area contributed by atoms with E-state index < -0.39 is 10.0 Å². The van der Waals surface area contributed by atoms with Crippen molar-refractivity contribution < 1.29 is 13.2 Å². The molecule has 36 heavy (non-hydrogen) atoms. The highest BCUT2D eigenvalue weighted by Gasteiger charge is 2.25. The summed E-state index contributed by atoms with van der Waals surface area (Å²) in [7, 11) is -1.25. The first kappa shape index (κ1) is 25.1. The zero-order valence-electron chi connectivity index (χ0n) is 20.0. The Kier molecular flexibility index (Phi) is 7.01. The van der Waals surface area contributed by atoms with Crippen molar-refractivity contribution in [1.29, 1.82) is 0 Å². The number of aromatic nitrogens is 3. The monoisotopic (exact) mass is 546 g/mol. The summed E-state index contributed by atoms with van der Waals surface area (Å²) in [5.74, 6) is 1.01. The Labute approximate surface area is 218 Å². The van der Waals surface area contributed by atoms with Gasteiger partial charge in [-0.25, -0.2) is 23.1 Å². The molecule has 1 atom stereocenters. The van der Waals surface area contributed by atoms with E-state index in [1.54, 1.807) is 0 Å². The van der Waals surface area contributed by atoms with Crippen LogP contribution in [0.4, 0.5) is 11.1 Å². The van der Waals surface area contributed by atoms with Crippen LogP contribution in [0.5, 0.6) is 0 Å². The van der Waals surface area contributed by atoms with Gasteiger partial charge in [-0.2, -0.15) is 0 Å². The highest BCUT2D eigenvalue weighted by Crippen LogP contribution is 2.31. The summed E-state index contributed by atoms with van der Waals surface area (Å²) in [6.45, 7) is 2.70. The number of imidazole rings is 1. The standard InChI is InChI=1S/C24H27ClN6O3S2/c1-30-20-6-3-16(21(32)11-15-7-9-31(14-15)10-8-26-36(2,33)34)12-19(20)27-23(30)29-24-28-18-5-4-17(25)13-22(18)35-24/h3-6,12-13,15,26H,7-11,14H2,1-2H3,(H,27,28,29). The number of nitrogens with one attached hydrogen (secondary N) is 2. The van der Waals surface area contributed by atoms with E-state index in [1.807, 2.05) is 48.0 Å². The zero-order valence-corrected chi connectivity index (χ0v) is 22.4. The van der Waals surface area contributed by atoms with Gasteiger partial charge in [0.05, 0.1) is 27.5 Å². The maximum atomic E-state index is 13.0. The van der Waals surface area contributed by atoms with Crippen LogP contribution < -0.4 is 10.0 Å². The summed E-state index contributed by atoms with van der Waals surface area (Å²) in [5.41, 5.74) is 3.19. The fourth-order valence-electron chi connectivity index (χ4n) is 4.58. The molecule has 2 aromatic heterocycles. The Morgan fingerprint density at radius 2 is 2.03 bits per heavy atom. The van der Waals surface area contributed by atoms with Gasteiger partial charge in [-0.15, -0.1) is 0 Å². The molecule has 1 saturated heterocycles. The number of halogens is 1. The Morgan fingerprint density at radius 1 is 1.19 bits per heavy atom. The lowest BCUT2D eigenvalue weighted by atomic mass is 9.97. The van der Waals surface area contributed by atoms with Gasteiger partial charge in [0.25, 0.3) is 0 Å². The number of hydrogen-bond donors (Lipinski definition) is 2. The molecule has 0 bridgehead atoms. The van der Waals surface area contributed by atoms with E-state index in [1.165, 1.54) is 11.3 Å². The Balaban J connectivity index is 1.24. The second-order valence-electron chi connectivity index (χ2n) is 9.20. The van der Waals surface area contributed by atoms with Gasteiger partial charge in [-0.3, -0.25) is 4.79 Å². The van der Waals surface area contributed by atoms with E-state index in [9.17, 15) is 13.2 Å². The van der Waals surface area contributed by atoms with E-state index in [4.69, 9.17) is 16.6 Å². The van der Waals surface area contributed by atoms with Gasteiger partial charge in [-0.1, -0.05) is 22.9 Å². The van der Waals surface area contributed by atoms with Crippen LogP contribution in [0.25, 0.3) is 21.3 Å². The first-order valence-electron chi connectivity index (χ1n) is 11.6. The number of ketones is 1. The number of rotatable bonds is 9. The van der Waals surface area contributed by atoms with Crippen molar-refractivity contribution in [2.75, 3.05) is 37.8 Å². The van der Waals surface area contributed by atoms with Crippen molar-refractivity contribution in [3.63, 3.8) is 0 Å². The molecule has 12 heteroatoms. The van der Waals surface area contributed by atoms with Crippen molar-refractivity contribution in [3.05, 3.63) is 47.0 Å². The predicted octanol–water partition coefficient (Wildman–Crippen LogP) is 4.02. The molecule has 4 aromatic rings. The second-order valence-corrected chi connectivity index (χ2v) is 12.5. The number of benzene rings is 2. The third-order valence-electron chi connectivity index (χ3n) is 6.41. The molecule has 9 nitrogen and oxygen atoms in total. The molecule has 0 radical (unpaired) electrons. The fraction of sp³-hybridized carbons (Fsp3) is 0.375. The molecule has 1 aliphatic rings. The third kappa shape index (κ3) is 5.70. The van der Waals surface area contributed by atoms with Crippen molar-refractivity contribution in [2.24, 2.45) is 13.0 Å². The maximum Gasteiger partial charge on any atom is 0.209 e. The van der Waals surface area contributed by atoms with Gasteiger partial charge in [-0.05, 0) is 55.3 Å². The van der Waals surface area contributed by atoms with Crippen LogP contribution >= 0.6 is 22.9 Å². The number of Topliss-reactive ketones (excluding diaryl/α,β-unsaturated/α-hetero) is 1. The minimum absolute atomic E-state index is 0.0984. The smallest absolute Gasteiger partial charge is 0.209 e. The number of likely N-dealkylation sites (tertiary alicyclic amines) is 1. The van der Waals surface area contributed by atoms with Crippen molar-refractivity contribution in [1.82, 2.24) is 24.2 Å². The minimum atomic E-state index is -3.18. The molecule has 0 amide bonds. The Hall–Kier alpha value is -2.57. The van der Waals surface area contributed by atoms with Crippen LogP contribution in [0.15, 0.2) is 36.4 Å². The number of carbonyl (C=O) groups excluding carboxylic acids is 1. The summed E-state index contributed by atoms with van der Waals surface area (Å²) in [6, 6.07) is 11.2. The number of anilines is 2. The largest absolute Gasteiger partial charge is 0.313 e. The van der Waals surface area contributed by atoms with E-state index in [0.29, 0.717) is 36.0 Å². The molecular weight excluding hydrogens is 520 g/mol. The number of fused-ring (bicyclic) bond motifs is 2. The second kappa shape index (κ2) is 10.1. The Morgan fingerprint density at radius 3 is 2.83 bits per heavy atom. The quantitative estimate of drug-likeness (QED) is 0.305. The van der Waals surface area contributed by atoms with Crippen LogP contribution in [-0.4, -0.2) is 66.1 Å². The third-order valence-corrected chi connectivity index (χ3v) is 8.31. The van der Waals surface area contributed by atoms with Gasteiger partial charge in [0.2, 0.25) is 16.0 Å². The van der Waals surface area contributed by atoms with E-state index >= 15 is 0 Å². The number of carbonyl (C=O) groups is 1. The van der Waals surface area contributed by atoms with Crippen molar-refractivity contribution in [2.45, 2.75) is 12.8 Å². The molecule has 5 rings (SSSR count). The number of nitrogens with zero attached hydrogens (tertiary/aromatic N) is 4. The summed E-state index contributed by atoms with van der Waals surface area (Å²) < 4.78 is 27.9. The summed E-state index contributed by atoms with van der Waals surface area (Å²) >= 11 is 7.60. The molecule has 190 valence electrons. The molecule has 1 fully saturated rings. The van der Waals surface area contributed by atoms with Crippen LogP contribution in [-0.2, 0) is 17.1 Å². The molecule has 2 N–H and O–H groups in total. The number of aryl methyl sites for hydroxylation is 1. The molecule has 0 aliphatic carbocycles. The average molecular weight is 547 g/mol. The first-order valence-corrected chi connectivity index (χ1v) is 14.7. The molecule has 1 unspecified atom stereocenters. The lowest BCUT2D eigenvalue weighted by Gasteiger charge is -2.15. The SMILES string of the molecule is Cn1c(Nc2nc3ccc(Cl)cc3s2)nc2cc(C(=O)CC3CCN(CCNS(C)(=O)=O)C3)ccc21. The van der Waals surface area contributed by atoms with Crippen LogP contribution in [0, 0.1) is 5.92 Å². The van der Waals surface area contributed by atoms with Gasteiger partial charge in [0, 0.05) is 43.7 Å². The lowest BCUT2D eigenvalue weighted by molar-refractivity contribution is 0.0962. The van der Waals surface area contributed by atoms with E-state index in [2.05, 4.69) is 19.9 Å². The van der Waals surface area contributed by atoms with E-state index in [-0.39, 0.29) is 11.7 Å².